The van der Waals surface area contributed by atoms with Gasteiger partial charge in [0.2, 0.25) is 5.89 Å². The Kier molecular flexibility index (Phi) is 5.96. The number of aromatic nitrogens is 1. The molecular weight excluding hydrogens is 412 g/mol. The average Bonchev–Trinajstić information content (AvgIpc) is 3.15. The maximum atomic E-state index is 12.3. The third kappa shape index (κ3) is 4.89. The number of amides is 1. The van der Waals surface area contributed by atoms with Gasteiger partial charge < -0.3 is 14.5 Å². The summed E-state index contributed by atoms with van der Waals surface area (Å²) in [5.74, 6) is 1.41. The molecule has 0 fully saturated rings. The summed E-state index contributed by atoms with van der Waals surface area (Å²) in [4.78, 5) is 16.7. The summed E-state index contributed by atoms with van der Waals surface area (Å²) < 4.78 is 11.4. The van der Waals surface area contributed by atoms with Crippen molar-refractivity contribution in [3.8, 4) is 17.2 Å². The first-order valence-electron chi connectivity index (χ1n) is 10.1. The molecule has 0 spiro atoms. The second kappa shape index (κ2) is 8.82. The van der Waals surface area contributed by atoms with Gasteiger partial charge in [-0.2, -0.15) is 0 Å². The number of nitrogens with zero attached hydrogens (tertiary/aromatic N) is 1. The van der Waals surface area contributed by atoms with Crippen molar-refractivity contribution >= 4 is 34.3 Å². The zero-order chi connectivity index (χ0) is 22.0. The number of oxazole rings is 1. The molecule has 31 heavy (non-hydrogen) atoms. The molecule has 158 valence electrons. The van der Waals surface area contributed by atoms with Crippen molar-refractivity contribution in [2.75, 3.05) is 11.9 Å². The molecule has 5 nitrogen and oxygen atoms in total. The van der Waals surface area contributed by atoms with E-state index in [9.17, 15) is 4.79 Å². The number of aryl methyl sites for hydroxylation is 1. The van der Waals surface area contributed by atoms with Gasteiger partial charge in [-0.1, -0.05) is 31.5 Å². The second-order valence-electron chi connectivity index (χ2n) is 7.72. The predicted molar refractivity (Wildman–Crippen MR) is 124 cm³/mol. The first kappa shape index (κ1) is 20.9. The predicted octanol–water partition coefficient (Wildman–Crippen LogP) is 6.60. The molecule has 1 amide bonds. The molecule has 4 aromatic rings. The van der Waals surface area contributed by atoms with Crippen LogP contribution in [-0.2, 0) is 4.79 Å². The lowest BCUT2D eigenvalue weighted by molar-refractivity contribution is -0.118. The van der Waals surface area contributed by atoms with Crippen molar-refractivity contribution in [1.82, 2.24) is 4.98 Å². The largest absolute Gasteiger partial charge is 0.484 e. The first-order chi connectivity index (χ1) is 14.9. The van der Waals surface area contributed by atoms with E-state index in [1.54, 1.807) is 30.3 Å². The van der Waals surface area contributed by atoms with Gasteiger partial charge >= 0.3 is 0 Å². The maximum absolute atomic E-state index is 12.3. The zero-order valence-corrected chi connectivity index (χ0v) is 18.4. The van der Waals surface area contributed by atoms with Gasteiger partial charge in [0.15, 0.2) is 12.2 Å². The van der Waals surface area contributed by atoms with E-state index in [0.717, 1.165) is 11.1 Å². The number of hydrogen-bond donors (Lipinski definition) is 1. The standard InChI is InChI=1S/C25H23ClN2O3/c1-15(2)21-10-9-20(12-16(21)3)30-14-24(29)27-19-7-4-17(5-8-19)25-28-22-13-18(26)6-11-23(22)31-25/h4-13,15H,14H2,1-3H3,(H,27,29). The molecule has 0 saturated heterocycles. The van der Waals surface area contributed by atoms with E-state index in [0.29, 0.717) is 39.4 Å². The van der Waals surface area contributed by atoms with Gasteiger partial charge in [0.25, 0.3) is 5.91 Å². The molecule has 0 aliphatic heterocycles. The highest BCUT2D eigenvalue weighted by Crippen LogP contribution is 2.27. The normalized spacial score (nSPS) is 11.1. The van der Waals surface area contributed by atoms with E-state index in [4.69, 9.17) is 20.8 Å². The van der Waals surface area contributed by atoms with Crippen LogP contribution in [0.5, 0.6) is 5.75 Å². The van der Waals surface area contributed by atoms with Gasteiger partial charge in [-0.25, -0.2) is 4.98 Å². The van der Waals surface area contributed by atoms with Crippen LogP contribution >= 0.6 is 11.6 Å². The molecule has 1 aromatic heterocycles. The molecule has 0 saturated carbocycles. The van der Waals surface area contributed by atoms with E-state index in [1.807, 2.05) is 30.3 Å². The SMILES string of the molecule is Cc1cc(OCC(=O)Nc2ccc(-c3nc4cc(Cl)ccc4o3)cc2)ccc1C(C)C. The summed E-state index contributed by atoms with van der Waals surface area (Å²) in [6, 6.07) is 18.5. The maximum Gasteiger partial charge on any atom is 0.262 e. The van der Waals surface area contributed by atoms with Crippen LogP contribution in [0, 0.1) is 6.92 Å². The van der Waals surface area contributed by atoms with E-state index in [1.165, 1.54) is 5.56 Å². The molecule has 0 radical (unpaired) electrons. The van der Waals surface area contributed by atoms with Crippen molar-refractivity contribution in [2.24, 2.45) is 0 Å². The van der Waals surface area contributed by atoms with Crippen molar-refractivity contribution in [3.63, 3.8) is 0 Å². The third-order valence-electron chi connectivity index (χ3n) is 5.00. The first-order valence-corrected chi connectivity index (χ1v) is 10.5. The van der Waals surface area contributed by atoms with Crippen LogP contribution in [-0.4, -0.2) is 17.5 Å². The Balaban J connectivity index is 1.37. The monoisotopic (exact) mass is 434 g/mol. The van der Waals surface area contributed by atoms with Gasteiger partial charge in [-0.05, 0) is 78.6 Å². The van der Waals surface area contributed by atoms with Crippen LogP contribution in [0.4, 0.5) is 5.69 Å². The van der Waals surface area contributed by atoms with Gasteiger partial charge in [0, 0.05) is 16.3 Å². The Morgan fingerprint density at radius 1 is 1.10 bits per heavy atom. The summed E-state index contributed by atoms with van der Waals surface area (Å²) >= 11 is 6.00. The van der Waals surface area contributed by atoms with Crippen LogP contribution in [0.2, 0.25) is 5.02 Å². The van der Waals surface area contributed by atoms with Gasteiger partial charge in [0.1, 0.15) is 11.3 Å². The van der Waals surface area contributed by atoms with E-state index >= 15 is 0 Å². The number of rotatable bonds is 6. The van der Waals surface area contributed by atoms with E-state index in [-0.39, 0.29) is 12.5 Å². The number of ether oxygens (including phenoxy) is 1. The van der Waals surface area contributed by atoms with Crippen molar-refractivity contribution < 1.29 is 13.9 Å². The molecule has 0 aliphatic carbocycles. The van der Waals surface area contributed by atoms with E-state index in [2.05, 4.69) is 31.1 Å². The fourth-order valence-corrected chi connectivity index (χ4v) is 3.62. The lowest BCUT2D eigenvalue weighted by Gasteiger charge is -2.12. The molecular formula is C25H23ClN2O3. The number of anilines is 1. The van der Waals surface area contributed by atoms with Gasteiger partial charge in [0.05, 0.1) is 0 Å². The van der Waals surface area contributed by atoms with Gasteiger partial charge in [-0.3, -0.25) is 4.79 Å². The minimum atomic E-state index is -0.227. The molecule has 1 heterocycles. The minimum absolute atomic E-state index is 0.0614. The Morgan fingerprint density at radius 3 is 2.58 bits per heavy atom. The Bertz CT molecular complexity index is 1230. The summed E-state index contributed by atoms with van der Waals surface area (Å²) in [5.41, 5.74) is 5.29. The fourth-order valence-electron chi connectivity index (χ4n) is 3.45. The smallest absolute Gasteiger partial charge is 0.262 e. The highest BCUT2D eigenvalue weighted by molar-refractivity contribution is 6.31. The number of fused-ring (bicyclic) bond motifs is 1. The molecule has 1 N–H and O–H groups in total. The van der Waals surface area contributed by atoms with Crippen molar-refractivity contribution in [2.45, 2.75) is 26.7 Å². The van der Waals surface area contributed by atoms with Crippen LogP contribution in [0.25, 0.3) is 22.6 Å². The fraction of sp³-hybridized carbons (Fsp3) is 0.200. The summed E-state index contributed by atoms with van der Waals surface area (Å²) in [6.07, 6.45) is 0. The average molecular weight is 435 g/mol. The molecule has 4 rings (SSSR count). The zero-order valence-electron chi connectivity index (χ0n) is 17.6. The third-order valence-corrected chi connectivity index (χ3v) is 5.23. The minimum Gasteiger partial charge on any atom is -0.484 e. The number of carbonyl (C=O) groups is 1. The highest BCUT2D eigenvalue weighted by atomic mass is 35.5. The summed E-state index contributed by atoms with van der Waals surface area (Å²) in [6.45, 7) is 6.30. The van der Waals surface area contributed by atoms with Crippen LogP contribution in [0.3, 0.4) is 0 Å². The van der Waals surface area contributed by atoms with Crippen molar-refractivity contribution in [1.29, 1.82) is 0 Å². The number of benzene rings is 3. The number of halogens is 1. The Morgan fingerprint density at radius 2 is 1.87 bits per heavy atom. The summed E-state index contributed by atoms with van der Waals surface area (Å²) in [7, 11) is 0. The quantitative estimate of drug-likeness (QED) is 0.371. The highest BCUT2D eigenvalue weighted by Gasteiger charge is 2.10. The number of nitrogens with one attached hydrogen (secondary N) is 1. The summed E-state index contributed by atoms with van der Waals surface area (Å²) in [5, 5.41) is 3.45. The molecule has 0 aliphatic rings. The van der Waals surface area contributed by atoms with Crippen LogP contribution in [0.15, 0.2) is 65.1 Å². The molecule has 0 unspecified atom stereocenters. The Hall–Kier alpha value is -3.31. The van der Waals surface area contributed by atoms with Crippen LogP contribution in [0.1, 0.15) is 30.9 Å². The number of carbonyl (C=O) groups excluding carboxylic acids is 1. The van der Waals surface area contributed by atoms with Gasteiger partial charge in [-0.15, -0.1) is 0 Å². The molecule has 0 atom stereocenters. The molecule has 6 heteroatoms. The Labute approximate surface area is 186 Å². The molecule has 3 aromatic carbocycles. The topological polar surface area (TPSA) is 64.4 Å². The van der Waals surface area contributed by atoms with Crippen LogP contribution < -0.4 is 10.1 Å². The lowest BCUT2D eigenvalue weighted by atomic mass is 9.98. The van der Waals surface area contributed by atoms with Crippen molar-refractivity contribution in [3.05, 3.63) is 76.8 Å². The number of hydrogen-bond acceptors (Lipinski definition) is 4. The second-order valence-corrected chi connectivity index (χ2v) is 8.15. The molecule has 0 bridgehead atoms. The van der Waals surface area contributed by atoms with E-state index < -0.39 is 0 Å². The lowest BCUT2D eigenvalue weighted by Crippen LogP contribution is -2.20.